The Labute approximate surface area is 177 Å². The standard InChI is InChI=1S/C20H22FN7O3/c1-26(2)17(29)12-28-11-16(23-25-28)20(30)27-8-4-6-14(10-27)19-22-18(24-31-19)13-5-3-7-15(21)9-13/h3,5,7,9,11,14H,4,6,8,10,12H2,1-2H3. The first-order valence-corrected chi connectivity index (χ1v) is 9.90. The maximum absolute atomic E-state index is 13.5. The van der Waals surface area contributed by atoms with Gasteiger partial charge in [0.25, 0.3) is 5.91 Å². The lowest BCUT2D eigenvalue weighted by atomic mass is 9.97. The number of halogens is 1. The number of rotatable bonds is 5. The molecule has 0 N–H and O–H groups in total. The zero-order valence-electron chi connectivity index (χ0n) is 17.2. The highest BCUT2D eigenvalue weighted by Crippen LogP contribution is 2.28. The van der Waals surface area contributed by atoms with Crippen molar-refractivity contribution in [3.8, 4) is 11.4 Å². The summed E-state index contributed by atoms with van der Waals surface area (Å²) in [5.74, 6) is -0.189. The van der Waals surface area contributed by atoms with Gasteiger partial charge in [-0.2, -0.15) is 4.98 Å². The second-order valence-electron chi connectivity index (χ2n) is 7.65. The molecule has 3 heterocycles. The van der Waals surface area contributed by atoms with Crippen LogP contribution >= 0.6 is 0 Å². The molecule has 3 aromatic rings. The van der Waals surface area contributed by atoms with Gasteiger partial charge in [-0.25, -0.2) is 9.07 Å². The fourth-order valence-electron chi connectivity index (χ4n) is 3.42. The maximum atomic E-state index is 13.5. The number of benzene rings is 1. The Morgan fingerprint density at radius 2 is 2.16 bits per heavy atom. The second-order valence-corrected chi connectivity index (χ2v) is 7.65. The lowest BCUT2D eigenvalue weighted by molar-refractivity contribution is -0.129. The van der Waals surface area contributed by atoms with Crippen LogP contribution in [-0.2, 0) is 11.3 Å². The van der Waals surface area contributed by atoms with E-state index >= 15 is 0 Å². The third-order valence-electron chi connectivity index (χ3n) is 5.14. The number of hydrogen-bond acceptors (Lipinski definition) is 7. The van der Waals surface area contributed by atoms with E-state index in [9.17, 15) is 14.0 Å². The maximum Gasteiger partial charge on any atom is 0.276 e. The Morgan fingerprint density at radius 3 is 2.94 bits per heavy atom. The summed E-state index contributed by atoms with van der Waals surface area (Å²) in [6, 6.07) is 5.98. The van der Waals surface area contributed by atoms with Gasteiger partial charge in [-0.1, -0.05) is 22.5 Å². The first-order chi connectivity index (χ1) is 14.9. The summed E-state index contributed by atoms with van der Waals surface area (Å²) in [4.78, 5) is 32.2. The lowest BCUT2D eigenvalue weighted by Crippen LogP contribution is -2.39. The highest BCUT2D eigenvalue weighted by molar-refractivity contribution is 5.92. The molecule has 4 rings (SSSR count). The number of carbonyl (C=O) groups is 2. The van der Waals surface area contributed by atoms with Gasteiger partial charge < -0.3 is 14.3 Å². The van der Waals surface area contributed by atoms with Crippen molar-refractivity contribution in [1.82, 2.24) is 34.9 Å². The van der Waals surface area contributed by atoms with E-state index in [0.29, 0.717) is 30.4 Å². The van der Waals surface area contributed by atoms with Gasteiger partial charge in [0, 0.05) is 32.7 Å². The molecule has 1 unspecified atom stereocenters. The van der Waals surface area contributed by atoms with Gasteiger partial charge in [-0.05, 0) is 25.0 Å². The minimum Gasteiger partial charge on any atom is -0.347 e. The van der Waals surface area contributed by atoms with Gasteiger partial charge in [-0.15, -0.1) is 5.10 Å². The molecular weight excluding hydrogens is 405 g/mol. The molecule has 1 aromatic carbocycles. The van der Waals surface area contributed by atoms with Crippen molar-refractivity contribution in [3.63, 3.8) is 0 Å². The summed E-state index contributed by atoms with van der Waals surface area (Å²) < 4.78 is 20.2. The van der Waals surface area contributed by atoms with E-state index in [1.165, 1.54) is 27.9 Å². The number of aromatic nitrogens is 5. The van der Waals surface area contributed by atoms with Crippen LogP contribution in [0.5, 0.6) is 0 Å². The molecule has 1 atom stereocenters. The van der Waals surface area contributed by atoms with Gasteiger partial charge in [0.15, 0.2) is 5.69 Å². The molecule has 11 heteroatoms. The zero-order chi connectivity index (χ0) is 22.0. The van der Waals surface area contributed by atoms with Crippen LogP contribution in [0.25, 0.3) is 11.4 Å². The quantitative estimate of drug-likeness (QED) is 0.608. The van der Waals surface area contributed by atoms with E-state index in [1.54, 1.807) is 31.1 Å². The molecule has 0 bridgehead atoms. The summed E-state index contributed by atoms with van der Waals surface area (Å²) in [6.07, 6.45) is 3.03. The minimum atomic E-state index is -0.376. The van der Waals surface area contributed by atoms with Gasteiger partial charge in [-0.3, -0.25) is 9.59 Å². The molecule has 162 valence electrons. The third-order valence-corrected chi connectivity index (χ3v) is 5.14. The predicted octanol–water partition coefficient (Wildman–Crippen LogP) is 1.58. The SMILES string of the molecule is CN(C)C(=O)Cn1cc(C(=O)N2CCCC(c3nc(-c4cccc(F)c4)no3)C2)nn1. The van der Waals surface area contributed by atoms with E-state index in [4.69, 9.17) is 4.52 Å². The van der Waals surface area contributed by atoms with E-state index in [0.717, 1.165) is 12.8 Å². The molecule has 31 heavy (non-hydrogen) atoms. The van der Waals surface area contributed by atoms with E-state index in [-0.39, 0.29) is 35.8 Å². The normalized spacial score (nSPS) is 16.4. The molecule has 0 radical (unpaired) electrons. The Kier molecular flexibility index (Phi) is 5.74. The molecular formula is C20H22FN7O3. The van der Waals surface area contributed by atoms with Crippen molar-refractivity contribution in [1.29, 1.82) is 0 Å². The molecule has 1 saturated heterocycles. The highest BCUT2D eigenvalue weighted by Gasteiger charge is 2.30. The molecule has 2 amide bonds. The first kappa shape index (κ1) is 20.6. The van der Waals surface area contributed by atoms with Crippen LogP contribution in [0.4, 0.5) is 4.39 Å². The van der Waals surface area contributed by atoms with E-state index in [1.807, 2.05) is 0 Å². The summed E-state index contributed by atoms with van der Waals surface area (Å²) in [7, 11) is 3.30. The van der Waals surface area contributed by atoms with Crippen LogP contribution in [0, 0.1) is 5.82 Å². The number of likely N-dealkylation sites (N-methyl/N-ethyl adjacent to an activating group) is 1. The van der Waals surface area contributed by atoms with Crippen molar-refractivity contribution >= 4 is 11.8 Å². The largest absolute Gasteiger partial charge is 0.347 e. The van der Waals surface area contributed by atoms with Crippen molar-refractivity contribution in [3.05, 3.63) is 47.9 Å². The predicted molar refractivity (Wildman–Crippen MR) is 106 cm³/mol. The second kappa shape index (κ2) is 8.62. The van der Waals surface area contributed by atoms with Gasteiger partial charge in [0.1, 0.15) is 12.4 Å². The molecule has 2 aromatic heterocycles. The first-order valence-electron chi connectivity index (χ1n) is 9.90. The van der Waals surface area contributed by atoms with Crippen molar-refractivity contribution in [2.24, 2.45) is 0 Å². The number of nitrogens with zero attached hydrogens (tertiary/aromatic N) is 7. The number of piperidine rings is 1. The summed E-state index contributed by atoms with van der Waals surface area (Å²) >= 11 is 0. The molecule has 1 aliphatic rings. The zero-order valence-corrected chi connectivity index (χ0v) is 17.2. The summed E-state index contributed by atoms with van der Waals surface area (Å²) in [5.41, 5.74) is 0.709. The van der Waals surface area contributed by atoms with Gasteiger partial charge in [0.05, 0.1) is 12.1 Å². The fraction of sp³-hybridized carbons (Fsp3) is 0.400. The Hall–Kier alpha value is -3.63. The molecule has 10 nitrogen and oxygen atoms in total. The average molecular weight is 427 g/mol. The van der Waals surface area contributed by atoms with Crippen molar-refractivity contribution in [2.45, 2.75) is 25.3 Å². The molecule has 0 spiro atoms. The molecule has 0 saturated carbocycles. The average Bonchev–Trinajstić information content (AvgIpc) is 3.43. The van der Waals surface area contributed by atoms with Gasteiger partial charge >= 0.3 is 0 Å². The number of amides is 2. The van der Waals surface area contributed by atoms with Crippen LogP contribution in [0.3, 0.4) is 0 Å². The molecule has 0 aliphatic carbocycles. The Morgan fingerprint density at radius 1 is 1.32 bits per heavy atom. The van der Waals surface area contributed by atoms with E-state index < -0.39 is 0 Å². The minimum absolute atomic E-state index is 0.0146. The van der Waals surface area contributed by atoms with E-state index in [2.05, 4.69) is 20.5 Å². The number of carbonyl (C=O) groups excluding carboxylic acids is 2. The van der Waals surface area contributed by atoms with Crippen LogP contribution in [0.1, 0.15) is 35.1 Å². The monoisotopic (exact) mass is 427 g/mol. The van der Waals surface area contributed by atoms with Crippen molar-refractivity contribution in [2.75, 3.05) is 27.2 Å². The summed E-state index contributed by atoms with van der Waals surface area (Å²) in [5, 5.41) is 11.8. The summed E-state index contributed by atoms with van der Waals surface area (Å²) in [6.45, 7) is 0.984. The Balaban J connectivity index is 1.44. The van der Waals surface area contributed by atoms with Crippen LogP contribution in [0.2, 0.25) is 0 Å². The smallest absolute Gasteiger partial charge is 0.276 e. The fourth-order valence-corrected chi connectivity index (χ4v) is 3.42. The molecule has 1 fully saturated rings. The van der Waals surface area contributed by atoms with Crippen LogP contribution in [0.15, 0.2) is 35.0 Å². The van der Waals surface area contributed by atoms with Gasteiger partial charge in [0.2, 0.25) is 17.6 Å². The highest BCUT2D eigenvalue weighted by atomic mass is 19.1. The molecule has 1 aliphatic heterocycles. The van der Waals surface area contributed by atoms with Crippen LogP contribution < -0.4 is 0 Å². The topological polar surface area (TPSA) is 110 Å². The van der Waals surface area contributed by atoms with Crippen molar-refractivity contribution < 1.29 is 18.5 Å². The number of likely N-dealkylation sites (tertiary alicyclic amines) is 1. The lowest BCUT2D eigenvalue weighted by Gasteiger charge is -2.30. The third kappa shape index (κ3) is 4.60. The number of hydrogen-bond donors (Lipinski definition) is 0. The van der Waals surface area contributed by atoms with Crippen LogP contribution in [-0.4, -0.2) is 73.9 Å². The Bertz CT molecular complexity index is 1090.